The molecule has 1 aromatic carbocycles. The van der Waals surface area contributed by atoms with E-state index in [1.165, 1.54) is 41.5 Å². The summed E-state index contributed by atoms with van der Waals surface area (Å²) in [5, 5.41) is 7.04. The van der Waals surface area contributed by atoms with E-state index in [0.717, 1.165) is 18.2 Å². The van der Waals surface area contributed by atoms with Gasteiger partial charge in [0.2, 0.25) is 0 Å². The summed E-state index contributed by atoms with van der Waals surface area (Å²) in [6.07, 6.45) is 3.85. The van der Waals surface area contributed by atoms with Crippen LogP contribution in [0.3, 0.4) is 0 Å². The van der Waals surface area contributed by atoms with Gasteiger partial charge in [-0.2, -0.15) is 0 Å². The third-order valence-corrected chi connectivity index (χ3v) is 4.73. The van der Waals surface area contributed by atoms with Crippen molar-refractivity contribution in [3.8, 4) is 5.75 Å². The maximum Gasteiger partial charge on any atom is 0.136 e. The number of hydrogen-bond donors (Lipinski definition) is 1. The topological polar surface area (TPSA) is 21.3 Å². The Bertz CT molecular complexity index is 528. The molecule has 1 atom stereocenters. The molecule has 2 nitrogen and oxygen atoms in total. The predicted octanol–water partition coefficient (Wildman–Crippen LogP) is 3.45. The molecule has 1 N–H and O–H groups in total. The van der Waals surface area contributed by atoms with E-state index in [1.54, 1.807) is 18.4 Å². The van der Waals surface area contributed by atoms with Crippen LogP contribution in [0.25, 0.3) is 10.1 Å². The molecule has 0 amide bonds. The fourth-order valence-corrected chi connectivity index (χ4v) is 3.78. The van der Waals surface area contributed by atoms with Crippen molar-refractivity contribution in [1.29, 1.82) is 0 Å². The highest BCUT2D eigenvalue weighted by atomic mass is 32.1. The van der Waals surface area contributed by atoms with Crippen molar-refractivity contribution in [2.45, 2.75) is 19.3 Å². The van der Waals surface area contributed by atoms with E-state index in [1.807, 2.05) is 0 Å². The fourth-order valence-electron chi connectivity index (χ4n) is 2.84. The Labute approximate surface area is 112 Å². The first-order chi connectivity index (χ1) is 8.88. The number of thiophene rings is 1. The van der Waals surface area contributed by atoms with Gasteiger partial charge in [0.25, 0.3) is 0 Å². The minimum Gasteiger partial charge on any atom is -0.495 e. The molecular formula is C15H19NOS. The summed E-state index contributed by atoms with van der Waals surface area (Å²) >= 11 is 1.77. The summed E-state index contributed by atoms with van der Waals surface area (Å²) in [4.78, 5) is 0. The molecule has 1 fully saturated rings. The van der Waals surface area contributed by atoms with Crippen molar-refractivity contribution in [3.05, 3.63) is 29.1 Å². The first-order valence-corrected chi connectivity index (χ1v) is 7.50. The summed E-state index contributed by atoms with van der Waals surface area (Å²) in [7, 11) is 1.75. The number of nitrogens with one attached hydrogen (secondary N) is 1. The zero-order chi connectivity index (χ0) is 12.4. The normalized spacial score (nSPS) is 20.2. The van der Waals surface area contributed by atoms with Crippen LogP contribution in [0.5, 0.6) is 5.75 Å². The second kappa shape index (κ2) is 5.29. The van der Waals surface area contributed by atoms with E-state index >= 15 is 0 Å². The SMILES string of the molecule is COc1ccc(CC2CCCNC2)c2ccsc12. The Morgan fingerprint density at radius 2 is 2.33 bits per heavy atom. The smallest absolute Gasteiger partial charge is 0.136 e. The summed E-state index contributed by atoms with van der Waals surface area (Å²) in [6, 6.07) is 6.58. The average molecular weight is 261 g/mol. The van der Waals surface area contributed by atoms with Crippen LogP contribution in [0, 0.1) is 5.92 Å². The molecule has 0 aliphatic carbocycles. The Hall–Kier alpha value is -1.06. The lowest BCUT2D eigenvalue weighted by atomic mass is 9.91. The standard InChI is InChI=1S/C15H19NOS/c1-17-14-5-4-12(13-6-8-18-15(13)14)9-11-3-2-7-16-10-11/h4-6,8,11,16H,2-3,7,9-10H2,1H3. The second-order valence-electron chi connectivity index (χ2n) is 5.01. The Morgan fingerprint density at radius 3 is 3.11 bits per heavy atom. The molecule has 2 heterocycles. The van der Waals surface area contributed by atoms with Gasteiger partial charge in [-0.15, -0.1) is 11.3 Å². The van der Waals surface area contributed by atoms with Crippen LogP contribution in [-0.2, 0) is 6.42 Å². The minimum absolute atomic E-state index is 0.787. The quantitative estimate of drug-likeness (QED) is 0.913. The first kappa shape index (κ1) is 12.0. The third kappa shape index (κ3) is 2.25. The van der Waals surface area contributed by atoms with Gasteiger partial charge in [0.15, 0.2) is 0 Å². The number of benzene rings is 1. The summed E-state index contributed by atoms with van der Waals surface area (Å²) in [5.41, 5.74) is 1.47. The van der Waals surface area contributed by atoms with Crippen LogP contribution in [0.1, 0.15) is 18.4 Å². The van der Waals surface area contributed by atoms with Crippen LogP contribution in [0.2, 0.25) is 0 Å². The van der Waals surface area contributed by atoms with Crippen molar-refractivity contribution >= 4 is 21.4 Å². The molecule has 1 saturated heterocycles. The van der Waals surface area contributed by atoms with E-state index in [9.17, 15) is 0 Å². The molecular weight excluding hydrogens is 242 g/mol. The van der Waals surface area contributed by atoms with Crippen molar-refractivity contribution in [3.63, 3.8) is 0 Å². The van der Waals surface area contributed by atoms with Crippen LogP contribution < -0.4 is 10.1 Å². The molecule has 1 aliphatic heterocycles. The van der Waals surface area contributed by atoms with Gasteiger partial charge < -0.3 is 10.1 Å². The van der Waals surface area contributed by atoms with Crippen molar-refractivity contribution < 1.29 is 4.74 Å². The highest BCUT2D eigenvalue weighted by molar-refractivity contribution is 7.17. The lowest BCUT2D eigenvalue weighted by Crippen LogP contribution is -2.30. The summed E-state index contributed by atoms with van der Waals surface area (Å²) in [6.45, 7) is 2.35. The molecule has 3 heteroatoms. The predicted molar refractivity (Wildman–Crippen MR) is 77.7 cm³/mol. The largest absolute Gasteiger partial charge is 0.495 e. The molecule has 1 aliphatic rings. The maximum absolute atomic E-state index is 5.43. The third-order valence-electron chi connectivity index (χ3n) is 3.80. The lowest BCUT2D eigenvalue weighted by Gasteiger charge is -2.23. The molecule has 0 radical (unpaired) electrons. The van der Waals surface area contributed by atoms with E-state index in [0.29, 0.717) is 0 Å². The number of piperidine rings is 1. The van der Waals surface area contributed by atoms with E-state index in [-0.39, 0.29) is 0 Å². The summed E-state index contributed by atoms with van der Waals surface area (Å²) in [5.74, 6) is 1.79. The number of rotatable bonds is 3. The molecule has 96 valence electrons. The van der Waals surface area contributed by atoms with E-state index < -0.39 is 0 Å². The first-order valence-electron chi connectivity index (χ1n) is 6.62. The zero-order valence-electron chi connectivity index (χ0n) is 10.7. The van der Waals surface area contributed by atoms with Crippen LogP contribution in [0.15, 0.2) is 23.6 Å². The van der Waals surface area contributed by atoms with Gasteiger partial charge in [-0.3, -0.25) is 0 Å². The van der Waals surface area contributed by atoms with Crippen LogP contribution in [0.4, 0.5) is 0 Å². The van der Waals surface area contributed by atoms with Gasteiger partial charge in [-0.1, -0.05) is 6.07 Å². The lowest BCUT2D eigenvalue weighted by molar-refractivity contribution is 0.376. The van der Waals surface area contributed by atoms with E-state index in [2.05, 4.69) is 28.9 Å². The molecule has 1 aromatic heterocycles. The Balaban J connectivity index is 1.89. The van der Waals surface area contributed by atoms with Gasteiger partial charge in [-0.25, -0.2) is 0 Å². The van der Waals surface area contributed by atoms with Gasteiger partial charge in [-0.05, 0) is 66.7 Å². The summed E-state index contributed by atoms with van der Waals surface area (Å²) < 4.78 is 6.72. The molecule has 2 aromatic rings. The van der Waals surface area contributed by atoms with Gasteiger partial charge in [0.1, 0.15) is 5.75 Å². The van der Waals surface area contributed by atoms with Crippen molar-refractivity contribution in [2.24, 2.45) is 5.92 Å². The average Bonchev–Trinajstić information content (AvgIpc) is 2.90. The molecule has 18 heavy (non-hydrogen) atoms. The van der Waals surface area contributed by atoms with Gasteiger partial charge >= 0.3 is 0 Å². The minimum atomic E-state index is 0.787. The molecule has 3 rings (SSSR count). The van der Waals surface area contributed by atoms with Crippen molar-refractivity contribution in [1.82, 2.24) is 5.32 Å². The van der Waals surface area contributed by atoms with Crippen LogP contribution in [-0.4, -0.2) is 20.2 Å². The fraction of sp³-hybridized carbons (Fsp3) is 0.467. The Morgan fingerprint density at radius 1 is 1.39 bits per heavy atom. The van der Waals surface area contributed by atoms with E-state index in [4.69, 9.17) is 4.74 Å². The molecule has 0 spiro atoms. The number of methoxy groups -OCH3 is 1. The van der Waals surface area contributed by atoms with Gasteiger partial charge in [0.05, 0.1) is 11.8 Å². The van der Waals surface area contributed by atoms with Crippen LogP contribution >= 0.6 is 11.3 Å². The zero-order valence-corrected chi connectivity index (χ0v) is 11.6. The number of ether oxygens (including phenoxy) is 1. The van der Waals surface area contributed by atoms with Gasteiger partial charge in [0, 0.05) is 0 Å². The molecule has 1 unspecified atom stereocenters. The number of hydrogen-bond acceptors (Lipinski definition) is 3. The monoisotopic (exact) mass is 261 g/mol. The highest BCUT2D eigenvalue weighted by Gasteiger charge is 2.16. The highest BCUT2D eigenvalue weighted by Crippen LogP contribution is 2.34. The molecule has 0 saturated carbocycles. The second-order valence-corrected chi connectivity index (χ2v) is 5.92. The number of fused-ring (bicyclic) bond motifs is 1. The Kier molecular flexibility index (Phi) is 3.52. The molecule has 0 bridgehead atoms. The maximum atomic E-state index is 5.43. The van der Waals surface area contributed by atoms with Crippen molar-refractivity contribution in [2.75, 3.05) is 20.2 Å².